The molecule has 2 aromatic rings. The summed E-state index contributed by atoms with van der Waals surface area (Å²) < 4.78 is 0. The molecule has 0 N–H and O–H groups in total. The maximum atomic E-state index is 12.5. The van der Waals surface area contributed by atoms with Gasteiger partial charge in [-0.3, -0.25) is 9.69 Å². The van der Waals surface area contributed by atoms with Crippen LogP contribution in [0.3, 0.4) is 0 Å². The van der Waals surface area contributed by atoms with Crippen molar-refractivity contribution in [3.05, 3.63) is 77.9 Å². The van der Waals surface area contributed by atoms with Gasteiger partial charge in [0.15, 0.2) is 5.78 Å². The number of carbonyl (C=O) groups excluding carboxylic acids is 1. The molecule has 0 atom stereocenters. The normalized spacial score (nSPS) is 20.3. The summed E-state index contributed by atoms with van der Waals surface area (Å²) in [6.45, 7) is 3.15. The van der Waals surface area contributed by atoms with E-state index in [1.165, 1.54) is 5.56 Å². The Kier molecular flexibility index (Phi) is 4.07. The Morgan fingerprint density at radius 3 is 2.17 bits per heavy atom. The summed E-state index contributed by atoms with van der Waals surface area (Å²) in [5, 5.41) is 0. The Hall–Kier alpha value is -2.19. The summed E-state index contributed by atoms with van der Waals surface area (Å²) in [4.78, 5) is 15.1. The monoisotopic (exact) mass is 317 g/mol. The minimum absolute atomic E-state index is 0.0927. The van der Waals surface area contributed by atoms with Gasteiger partial charge >= 0.3 is 0 Å². The van der Waals surface area contributed by atoms with E-state index in [1.54, 1.807) is 0 Å². The molecule has 2 aromatic carbocycles. The van der Waals surface area contributed by atoms with Crippen LogP contribution in [0.4, 0.5) is 0 Å². The minimum Gasteiger partial charge on any atom is -0.299 e. The highest BCUT2D eigenvalue weighted by Crippen LogP contribution is 2.45. The summed E-state index contributed by atoms with van der Waals surface area (Å²) in [5.41, 5.74) is 3.48. The van der Waals surface area contributed by atoms with E-state index in [0.717, 1.165) is 43.6 Å². The lowest BCUT2D eigenvalue weighted by molar-refractivity contribution is -0.114. The quantitative estimate of drug-likeness (QED) is 0.840. The van der Waals surface area contributed by atoms with Gasteiger partial charge in [0.2, 0.25) is 0 Å². The Balaban J connectivity index is 1.45. The summed E-state index contributed by atoms with van der Waals surface area (Å²) in [6.07, 6.45) is 5.14. The van der Waals surface area contributed by atoms with Crippen LogP contribution in [-0.2, 0) is 11.3 Å². The molecule has 0 saturated carbocycles. The molecule has 0 radical (unpaired) electrons. The number of likely N-dealkylation sites (tertiary alicyclic amines) is 1. The number of piperidine rings is 1. The summed E-state index contributed by atoms with van der Waals surface area (Å²) in [5.74, 6) is 0.317. The molecule has 1 heterocycles. The second kappa shape index (κ2) is 6.37. The SMILES string of the molecule is O=C1CC2(C=C1c1ccccc1)CCN(Cc1ccccc1)CC2. The largest absolute Gasteiger partial charge is 0.299 e. The van der Waals surface area contributed by atoms with Crippen LogP contribution in [0.15, 0.2) is 66.7 Å². The van der Waals surface area contributed by atoms with Crippen LogP contribution in [0.25, 0.3) is 5.57 Å². The lowest BCUT2D eigenvalue weighted by Gasteiger charge is -2.38. The highest BCUT2D eigenvalue weighted by atomic mass is 16.1. The molecule has 122 valence electrons. The van der Waals surface area contributed by atoms with Gasteiger partial charge < -0.3 is 0 Å². The van der Waals surface area contributed by atoms with Crippen molar-refractivity contribution in [2.45, 2.75) is 25.8 Å². The fraction of sp³-hybridized carbons (Fsp3) is 0.318. The van der Waals surface area contributed by atoms with E-state index < -0.39 is 0 Å². The van der Waals surface area contributed by atoms with Gasteiger partial charge in [0.25, 0.3) is 0 Å². The number of rotatable bonds is 3. The average Bonchev–Trinajstić information content (AvgIpc) is 2.95. The summed E-state index contributed by atoms with van der Waals surface area (Å²) in [7, 11) is 0. The molecule has 0 amide bonds. The number of Topliss-reactive ketones (excluding diaryl/α,β-unsaturated/α-hetero) is 1. The highest BCUT2D eigenvalue weighted by Gasteiger charge is 2.40. The van der Waals surface area contributed by atoms with Crippen LogP contribution in [0.5, 0.6) is 0 Å². The van der Waals surface area contributed by atoms with Crippen LogP contribution in [0.1, 0.15) is 30.4 Å². The molecule has 4 rings (SSSR count). The molecule has 1 aliphatic carbocycles. The molecule has 2 aliphatic rings. The van der Waals surface area contributed by atoms with Gasteiger partial charge in [-0.05, 0) is 42.5 Å². The third-order valence-corrected chi connectivity index (χ3v) is 5.45. The van der Waals surface area contributed by atoms with E-state index >= 15 is 0 Å². The number of hydrogen-bond acceptors (Lipinski definition) is 2. The standard InChI is InChI=1S/C22H23NO/c24-21-16-22(15-20(21)19-9-5-2-6-10-19)11-13-23(14-12-22)17-18-7-3-1-4-8-18/h1-10,15H,11-14,16-17H2. The van der Waals surface area contributed by atoms with Gasteiger partial charge in [0.05, 0.1) is 0 Å². The van der Waals surface area contributed by atoms with Gasteiger partial charge in [-0.2, -0.15) is 0 Å². The third-order valence-electron chi connectivity index (χ3n) is 5.45. The first-order valence-corrected chi connectivity index (χ1v) is 8.82. The Bertz CT molecular complexity index is 740. The highest BCUT2D eigenvalue weighted by molar-refractivity contribution is 6.23. The summed E-state index contributed by atoms with van der Waals surface area (Å²) >= 11 is 0. The molecule has 1 aliphatic heterocycles. The maximum absolute atomic E-state index is 12.5. The van der Waals surface area contributed by atoms with E-state index in [9.17, 15) is 4.79 Å². The molecule has 0 bridgehead atoms. The number of allylic oxidation sites excluding steroid dienone is 2. The maximum Gasteiger partial charge on any atom is 0.164 e. The van der Waals surface area contributed by atoms with Crippen LogP contribution in [-0.4, -0.2) is 23.8 Å². The lowest BCUT2D eigenvalue weighted by atomic mass is 9.78. The predicted molar refractivity (Wildman–Crippen MR) is 97.4 cm³/mol. The Labute approximate surface area is 143 Å². The van der Waals surface area contributed by atoms with Gasteiger partial charge in [-0.1, -0.05) is 66.7 Å². The smallest absolute Gasteiger partial charge is 0.164 e. The fourth-order valence-electron chi connectivity index (χ4n) is 4.03. The van der Waals surface area contributed by atoms with Crippen LogP contribution in [0, 0.1) is 5.41 Å². The molecule has 0 aromatic heterocycles. The zero-order valence-corrected chi connectivity index (χ0v) is 13.9. The number of hydrogen-bond donors (Lipinski definition) is 0. The molecule has 1 saturated heterocycles. The number of nitrogens with zero attached hydrogens (tertiary/aromatic N) is 1. The van der Waals surface area contributed by atoms with Crippen molar-refractivity contribution in [2.24, 2.45) is 5.41 Å². The lowest BCUT2D eigenvalue weighted by Crippen LogP contribution is -2.38. The van der Waals surface area contributed by atoms with Crippen LogP contribution < -0.4 is 0 Å². The van der Waals surface area contributed by atoms with Gasteiger partial charge in [0.1, 0.15) is 0 Å². The van der Waals surface area contributed by atoms with Gasteiger partial charge in [-0.15, -0.1) is 0 Å². The Morgan fingerprint density at radius 2 is 1.50 bits per heavy atom. The third kappa shape index (κ3) is 3.07. The number of benzene rings is 2. The fourth-order valence-corrected chi connectivity index (χ4v) is 4.03. The number of ketones is 1. The first-order chi connectivity index (χ1) is 11.7. The Morgan fingerprint density at radius 1 is 0.875 bits per heavy atom. The van der Waals surface area contributed by atoms with E-state index in [1.807, 2.05) is 30.3 Å². The van der Waals surface area contributed by atoms with Crippen molar-refractivity contribution in [3.8, 4) is 0 Å². The topological polar surface area (TPSA) is 20.3 Å². The molecular weight excluding hydrogens is 294 g/mol. The first-order valence-electron chi connectivity index (χ1n) is 8.82. The van der Waals surface area contributed by atoms with Crippen molar-refractivity contribution < 1.29 is 4.79 Å². The number of carbonyl (C=O) groups is 1. The predicted octanol–water partition coefficient (Wildman–Crippen LogP) is 4.33. The van der Waals surface area contributed by atoms with E-state index in [-0.39, 0.29) is 5.41 Å². The second-order valence-electron chi connectivity index (χ2n) is 7.15. The minimum atomic E-state index is 0.0927. The van der Waals surface area contributed by atoms with E-state index in [0.29, 0.717) is 12.2 Å². The molecule has 0 unspecified atom stereocenters. The molecular formula is C22H23NO. The van der Waals surface area contributed by atoms with Gasteiger partial charge in [0, 0.05) is 18.5 Å². The van der Waals surface area contributed by atoms with Crippen molar-refractivity contribution in [2.75, 3.05) is 13.1 Å². The van der Waals surface area contributed by atoms with Gasteiger partial charge in [-0.25, -0.2) is 0 Å². The zero-order chi connectivity index (χ0) is 16.4. The molecule has 24 heavy (non-hydrogen) atoms. The average molecular weight is 317 g/mol. The molecule has 2 heteroatoms. The van der Waals surface area contributed by atoms with Crippen molar-refractivity contribution in [1.29, 1.82) is 0 Å². The first kappa shape index (κ1) is 15.3. The second-order valence-corrected chi connectivity index (χ2v) is 7.15. The summed E-state index contributed by atoms with van der Waals surface area (Å²) in [6, 6.07) is 20.8. The van der Waals surface area contributed by atoms with Crippen LogP contribution in [0.2, 0.25) is 0 Å². The van der Waals surface area contributed by atoms with Crippen molar-refractivity contribution in [3.63, 3.8) is 0 Å². The van der Waals surface area contributed by atoms with Crippen molar-refractivity contribution in [1.82, 2.24) is 4.90 Å². The zero-order valence-electron chi connectivity index (χ0n) is 13.9. The van der Waals surface area contributed by atoms with Crippen LogP contribution >= 0.6 is 0 Å². The van der Waals surface area contributed by atoms with E-state index in [2.05, 4.69) is 41.3 Å². The molecule has 2 nitrogen and oxygen atoms in total. The molecule has 1 fully saturated rings. The van der Waals surface area contributed by atoms with Crippen molar-refractivity contribution >= 4 is 11.4 Å². The van der Waals surface area contributed by atoms with E-state index in [4.69, 9.17) is 0 Å². The molecule has 1 spiro atoms.